The van der Waals surface area contributed by atoms with Crippen LogP contribution in [-0.2, 0) is 38.0 Å². The number of rotatable bonds is 6. The first-order valence-corrected chi connectivity index (χ1v) is 17.4. The number of fused-ring (bicyclic) bond motifs is 2. The lowest BCUT2D eigenvalue weighted by atomic mass is 9.70. The number of benzene rings is 3. The number of hydrogen-bond donors (Lipinski definition) is 1. The molecule has 3 aromatic rings. The van der Waals surface area contributed by atoms with Gasteiger partial charge >= 0.3 is 6.18 Å². The molecule has 1 saturated carbocycles. The number of anilines is 1. The summed E-state index contributed by atoms with van der Waals surface area (Å²) in [6, 6.07) is 16.5. The Balaban J connectivity index is 1.41. The van der Waals surface area contributed by atoms with E-state index in [1.165, 1.54) is 58.9 Å². The van der Waals surface area contributed by atoms with Gasteiger partial charge in [-0.05, 0) is 91.3 Å². The van der Waals surface area contributed by atoms with Crippen molar-refractivity contribution in [3.05, 3.63) is 94.5 Å². The summed E-state index contributed by atoms with van der Waals surface area (Å²) in [5.41, 5.74) is -0.500. The molecule has 2 fully saturated rings. The zero-order chi connectivity index (χ0) is 31.5. The van der Waals surface area contributed by atoms with Crippen LogP contribution in [0.3, 0.4) is 0 Å². The molecule has 1 saturated heterocycles. The van der Waals surface area contributed by atoms with E-state index in [9.17, 15) is 40.1 Å². The van der Waals surface area contributed by atoms with E-state index in [-0.39, 0.29) is 52.8 Å². The summed E-state index contributed by atoms with van der Waals surface area (Å²) in [4.78, 5) is 13.3. The minimum Gasteiger partial charge on any atom is -0.348 e. The number of sulfone groups is 1. The molecule has 1 N–H and O–H groups in total. The normalized spacial score (nSPS) is 20.6. The van der Waals surface area contributed by atoms with Crippen molar-refractivity contribution in [1.82, 2.24) is 5.32 Å². The van der Waals surface area contributed by atoms with Gasteiger partial charge in [0.25, 0.3) is 15.9 Å². The van der Waals surface area contributed by atoms with Crippen LogP contribution < -0.4 is 9.62 Å². The molecule has 44 heavy (non-hydrogen) atoms. The average Bonchev–Trinajstić information content (AvgIpc) is 3.80. The predicted octanol–water partition coefficient (Wildman–Crippen LogP) is 4.94. The molecular formula is C31H28F3N3O5S2. The summed E-state index contributed by atoms with van der Waals surface area (Å²) >= 11 is 0. The Morgan fingerprint density at radius 2 is 1.68 bits per heavy atom. The minimum atomic E-state index is -4.59. The maximum Gasteiger partial charge on any atom is 0.416 e. The molecule has 2 aliphatic heterocycles. The number of nitrogens with one attached hydrogen (secondary N) is 1. The zero-order valence-electron chi connectivity index (χ0n) is 23.3. The molecule has 0 aromatic heterocycles. The number of alkyl halides is 3. The molecule has 3 aromatic carbocycles. The first-order valence-electron chi connectivity index (χ1n) is 14.1. The molecule has 13 heteroatoms. The largest absolute Gasteiger partial charge is 0.416 e. The summed E-state index contributed by atoms with van der Waals surface area (Å²) in [5, 5.41) is 11.7. The highest BCUT2D eigenvalue weighted by atomic mass is 32.2. The number of halogens is 3. The quantitative estimate of drug-likeness (QED) is 0.406. The van der Waals surface area contributed by atoms with E-state index < -0.39 is 49.0 Å². The highest BCUT2D eigenvalue weighted by molar-refractivity contribution is 7.93. The fourth-order valence-corrected chi connectivity index (χ4v) is 10.00. The van der Waals surface area contributed by atoms with Crippen LogP contribution in [0.2, 0.25) is 0 Å². The summed E-state index contributed by atoms with van der Waals surface area (Å²) in [5.74, 6) is -0.928. The number of nitrogens with zero attached hydrogens (tertiary/aromatic N) is 2. The van der Waals surface area contributed by atoms with E-state index in [2.05, 4.69) is 5.32 Å². The third-order valence-electron chi connectivity index (χ3n) is 8.94. The van der Waals surface area contributed by atoms with Crippen LogP contribution in [0.1, 0.15) is 58.3 Å². The maximum absolute atomic E-state index is 14.2. The molecular weight excluding hydrogens is 615 g/mol. The van der Waals surface area contributed by atoms with Gasteiger partial charge in [-0.3, -0.25) is 9.10 Å². The fourth-order valence-electron chi connectivity index (χ4n) is 6.65. The van der Waals surface area contributed by atoms with Crippen LogP contribution in [0.5, 0.6) is 0 Å². The fraction of sp³-hybridized carbons (Fsp3) is 0.355. The van der Waals surface area contributed by atoms with E-state index in [1.807, 2.05) is 6.07 Å². The second-order valence-corrected chi connectivity index (χ2v) is 15.7. The molecule has 1 atom stereocenters. The van der Waals surface area contributed by atoms with E-state index in [4.69, 9.17) is 0 Å². The molecule has 1 spiro atoms. The molecule has 1 aliphatic carbocycles. The van der Waals surface area contributed by atoms with E-state index in [1.54, 1.807) is 6.07 Å². The average molecular weight is 644 g/mol. The standard InChI is InChI=1S/C31H28F3N3O5S2/c32-31(33,34)25-4-2-1-3-23(25)19-36-29(38)22-9-12-27-26(17-22)30(13-15-43(39,40)16-14-30)28(21-7-8-21)37(27)44(41,42)24-10-5-20(18-35)6-11-24/h1-6,9-12,17,21,28H,7-8,13-16,19H2,(H,36,38). The summed E-state index contributed by atoms with van der Waals surface area (Å²) < 4.78 is 95.4. The zero-order valence-corrected chi connectivity index (χ0v) is 25.0. The molecule has 230 valence electrons. The number of sulfonamides is 1. The van der Waals surface area contributed by atoms with Gasteiger partial charge in [-0.1, -0.05) is 18.2 Å². The molecule has 1 unspecified atom stereocenters. The number of nitriles is 1. The van der Waals surface area contributed by atoms with Crippen LogP contribution in [-0.4, -0.2) is 40.3 Å². The Labute approximate surface area is 253 Å². The van der Waals surface area contributed by atoms with Crippen molar-refractivity contribution in [2.45, 2.75) is 54.8 Å². The maximum atomic E-state index is 14.2. The topological polar surface area (TPSA) is 124 Å². The number of carbonyl (C=O) groups is 1. The van der Waals surface area contributed by atoms with Crippen LogP contribution >= 0.6 is 0 Å². The summed E-state index contributed by atoms with van der Waals surface area (Å²) in [7, 11) is -7.51. The van der Waals surface area contributed by atoms with Gasteiger partial charge in [0, 0.05) is 17.5 Å². The Kier molecular flexibility index (Phi) is 7.28. The third kappa shape index (κ3) is 5.24. The van der Waals surface area contributed by atoms with Gasteiger partial charge in [-0.25, -0.2) is 16.8 Å². The molecule has 8 nitrogen and oxygen atoms in total. The lowest BCUT2D eigenvalue weighted by molar-refractivity contribution is -0.138. The second kappa shape index (κ2) is 10.6. The summed E-state index contributed by atoms with van der Waals surface area (Å²) in [6.45, 7) is -0.376. The molecule has 2 heterocycles. The van der Waals surface area contributed by atoms with Crippen molar-refractivity contribution < 1.29 is 34.8 Å². The molecule has 0 radical (unpaired) electrons. The first kappa shape index (κ1) is 30.1. The first-order chi connectivity index (χ1) is 20.8. The van der Waals surface area contributed by atoms with Crippen LogP contribution in [0.25, 0.3) is 0 Å². The van der Waals surface area contributed by atoms with E-state index in [0.717, 1.165) is 18.9 Å². The van der Waals surface area contributed by atoms with Crippen molar-refractivity contribution in [2.75, 3.05) is 15.8 Å². The Morgan fingerprint density at radius 1 is 1.02 bits per heavy atom. The third-order valence-corrected chi connectivity index (χ3v) is 12.4. The monoisotopic (exact) mass is 643 g/mol. The minimum absolute atomic E-state index is 0.0151. The predicted molar refractivity (Wildman–Crippen MR) is 156 cm³/mol. The van der Waals surface area contributed by atoms with Crippen molar-refractivity contribution in [2.24, 2.45) is 5.92 Å². The van der Waals surface area contributed by atoms with E-state index >= 15 is 0 Å². The van der Waals surface area contributed by atoms with Crippen LogP contribution in [0, 0.1) is 17.2 Å². The van der Waals surface area contributed by atoms with Crippen LogP contribution in [0.4, 0.5) is 18.9 Å². The molecule has 1 amide bonds. The van der Waals surface area contributed by atoms with Crippen molar-refractivity contribution in [3.63, 3.8) is 0 Å². The van der Waals surface area contributed by atoms with Gasteiger partial charge in [0.05, 0.1) is 45.3 Å². The lowest BCUT2D eigenvalue weighted by Gasteiger charge is -2.41. The van der Waals surface area contributed by atoms with Crippen molar-refractivity contribution in [3.8, 4) is 6.07 Å². The molecule has 0 bridgehead atoms. The molecule has 3 aliphatic rings. The van der Waals surface area contributed by atoms with Gasteiger partial charge < -0.3 is 5.32 Å². The smallest absolute Gasteiger partial charge is 0.348 e. The highest BCUT2D eigenvalue weighted by Crippen LogP contribution is 2.59. The van der Waals surface area contributed by atoms with Gasteiger partial charge in [0.2, 0.25) is 0 Å². The lowest BCUT2D eigenvalue weighted by Crippen LogP contribution is -2.52. The second-order valence-electron chi connectivity index (χ2n) is 11.6. The Morgan fingerprint density at radius 3 is 2.30 bits per heavy atom. The van der Waals surface area contributed by atoms with E-state index in [0.29, 0.717) is 16.8 Å². The van der Waals surface area contributed by atoms with Gasteiger partial charge in [0.15, 0.2) is 0 Å². The number of hydrogen-bond acceptors (Lipinski definition) is 6. The summed E-state index contributed by atoms with van der Waals surface area (Å²) in [6.07, 6.45) is -2.72. The van der Waals surface area contributed by atoms with Crippen LogP contribution in [0.15, 0.2) is 71.6 Å². The SMILES string of the molecule is N#Cc1ccc(S(=O)(=O)N2c3ccc(C(=O)NCc4ccccc4C(F)(F)F)cc3C3(CCS(=O)(=O)CC3)C2C2CC2)cc1. The number of amides is 1. The van der Waals surface area contributed by atoms with Gasteiger partial charge in [-0.15, -0.1) is 0 Å². The highest BCUT2D eigenvalue weighted by Gasteiger charge is 2.60. The Bertz CT molecular complexity index is 1880. The number of carbonyl (C=O) groups excluding carboxylic acids is 1. The molecule has 6 rings (SSSR count). The van der Waals surface area contributed by atoms with Crippen molar-refractivity contribution >= 4 is 31.5 Å². The van der Waals surface area contributed by atoms with Crippen molar-refractivity contribution in [1.29, 1.82) is 5.26 Å². The van der Waals surface area contributed by atoms with Gasteiger partial charge in [0.1, 0.15) is 9.84 Å². The Hall–Kier alpha value is -3.89. The van der Waals surface area contributed by atoms with Gasteiger partial charge in [-0.2, -0.15) is 18.4 Å².